The van der Waals surface area contributed by atoms with Gasteiger partial charge in [0.25, 0.3) is 0 Å². The molecule has 5 heteroatoms. The first kappa shape index (κ1) is 11.8. The molecule has 3 rings (SSSR count). The third kappa shape index (κ3) is 2.20. The average molecular weight is 254 g/mol. The van der Waals surface area contributed by atoms with Gasteiger partial charge in [-0.1, -0.05) is 18.2 Å². The molecule has 5 nitrogen and oxygen atoms in total. The standard InChI is InChI=1S/C14H14N4O/c1-18-14(16-9-17-18)8-13(19)11-6-7-15-12-5-3-2-4-10(11)12/h2-7,9,13,19H,8H2,1H3. The van der Waals surface area contributed by atoms with Gasteiger partial charge >= 0.3 is 0 Å². The number of aliphatic hydroxyl groups excluding tert-OH is 1. The molecule has 2 aromatic heterocycles. The summed E-state index contributed by atoms with van der Waals surface area (Å²) in [5, 5.41) is 15.4. The minimum Gasteiger partial charge on any atom is -0.388 e. The number of para-hydroxylation sites is 1. The first-order valence-corrected chi connectivity index (χ1v) is 6.10. The minimum atomic E-state index is -0.615. The number of pyridine rings is 1. The van der Waals surface area contributed by atoms with E-state index in [-0.39, 0.29) is 0 Å². The van der Waals surface area contributed by atoms with Crippen molar-refractivity contribution in [2.24, 2.45) is 7.05 Å². The van der Waals surface area contributed by atoms with Crippen LogP contribution in [0.25, 0.3) is 10.9 Å². The Hall–Kier alpha value is -2.27. The maximum atomic E-state index is 10.4. The summed E-state index contributed by atoms with van der Waals surface area (Å²) in [5.41, 5.74) is 1.76. The lowest BCUT2D eigenvalue weighted by molar-refractivity contribution is 0.176. The van der Waals surface area contributed by atoms with E-state index in [2.05, 4.69) is 15.1 Å². The van der Waals surface area contributed by atoms with Gasteiger partial charge in [0.1, 0.15) is 12.2 Å². The number of aliphatic hydroxyl groups is 1. The molecule has 1 aromatic carbocycles. The molecule has 1 N–H and O–H groups in total. The van der Waals surface area contributed by atoms with Gasteiger partial charge in [0, 0.05) is 25.1 Å². The highest BCUT2D eigenvalue weighted by atomic mass is 16.3. The number of nitrogens with zero attached hydrogens (tertiary/aromatic N) is 4. The summed E-state index contributed by atoms with van der Waals surface area (Å²) in [6, 6.07) is 9.64. The monoisotopic (exact) mass is 254 g/mol. The Morgan fingerprint density at radius 2 is 2.05 bits per heavy atom. The zero-order chi connectivity index (χ0) is 13.2. The summed E-state index contributed by atoms with van der Waals surface area (Å²) < 4.78 is 1.67. The number of benzene rings is 1. The molecular formula is C14H14N4O. The van der Waals surface area contributed by atoms with Gasteiger partial charge in [-0.3, -0.25) is 9.67 Å². The van der Waals surface area contributed by atoms with E-state index in [0.717, 1.165) is 22.3 Å². The Kier molecular flexibility index (Phi) is 2.97. The fourth-order valence-corrected chi connectivity index (χ4v) is 2.20. The zero-order valence-corrected chi connectivity index (χ0v) is 10.6. The molecule has 0 aliphatic heterocycles. The lowest BCUT2D eigenvalue weighted by Crippen LogP contribution is -2.08. The second kappa shape index (κ2) is 4.78. The largest absolute Gasteiger partial charge is 0.388 e. The number of fused-ring (bicyclic) bond motifs is 1. The SMILES string of the molecule is Cn1ncnc1CC(O)c1ccnc2ccccc12. The lowest BCUT2D eigenvalue weighted by Gasteiger charge is -2.12. The molecule has 0 saturated carbocycles. The third-order valence-electron chi connectivity index (χ3n) is 3.22. The Morgan fingerprint density at radius 3 is 2.84 bits per heavy atom. The predicted molar refractivity (Wildman–Crippen MR) is 71.4 cm³/mol. The molecule has 0 bridgehead atoms. The van der Waals surface area contributed by atoms with Gasteiger partial charge in [0.15, 0.2) is 0 Å². The van der Waals surface area contributed by atoms with Crippen molar-refractivity contribution in [3.05, 3.63) is 54.2 Å². The maximum absolute atomic E-state index is 10.4. The topological polar surface area (TPSA) is 63.8 Å². The molecule has 3 aromatic rings. The Bertz CT molecular complexity index is 702. The molecule has 0 fully saturated rings. The van der Waals surface area contributed by atoms with Crippen LogP contribution in [0.2, 0.25) is 0 Å². The van der Waals surface area contributed by atoms with Crippen LogP contribution in [-0.4, -0.2) is 24.9 Å². The van der Waals surface area contributed by atoms with E-state index in [0.29, 0.717) is 6.42 Å². The number of aromatic nitrogens is 4. The Morgan fingerprint density at radius 1 is 1.21 bits per heavy atom. The molecule has 1 unspecified atom stereocenters. The molecule has 0 radical (unpaired) electrons. The second-order valence-corrected chi connectivity index (χ2v) is 4.44. The van der Waals surface area contributed by atoms with E-state index in [9.17, 15) is 5.11 Å². The van der Waals surface area contributed by atoms with Crippen molar-refractivity contribution in [1.82, 2.24) is 19.7 Å². The molecule has 0 aliphatic rings. The number of hydrogen-bond acceptors (Lipinski definition) is 4. The number of rotatable bonds is 3. The van der Waals surface area contributed by atoms with Crippen molar-refractivity contribution in [3.8, 4) is 0 Å². The van der Waals surface area contributed by atoms with Crippen LogP contribution in [0, 0.1) is 0 Å². The van der Waals surface area contributed by atoms with E-state index in [1.807, 2.05) is 37.4 Å². The van der Waals surface area contributed by atoms with Crippen LogP contribution < -0.4 is 0 Å². The average Bonchev–Trinajstić information content (AvgIpc) is 2.83. The van der Waals surface area contributed by atoms with E-state index in [4.69, 9.17) is 0 Å². The van der Waals surface area contributed by atoms with Crippen molar-refractivity contribution < 1.29 is 5.11 Å². The van der Waals surface area contributed by atoms with Gasteiger partial charge in [-0.15, -0.1) is 0 Å². The van der Waals surface area contributed by atoms with Gasteiger partial charge in [-0.05, 0) is 17.7 Å². The smallest absolute Gasteiger partial charge is 0.138 e. The van der Waals surface area contributed by atoms with Gasteiger partial charge in [0.05, 0.1) is 11.6 Å². The molecule has 1 atom stereocenters. The van der Waals surface area contributed by atoms with E-state index >= 15 is 0 Å². The summed E-state index contributed by atoms with van der Waals surface area (Å²) >= 11 is 0. The third-order valence-corrected chi connectivity index (χ3v) is 3.22. The quantitative estimate of drug-likeness (QED) is 0.771. The molecule has 2 heterocycles. The van der Waals surface area contributed by atoms with Crippen LogP contribution in [-0.2, 0) is 13.5 Å². The number of aryl methyl sites for hydroxylation is 1. The van der Waals surface area contributed by atoms with Crippen molar-refractivity contribution in [2.45, 2.75) is 12.5 Å². The van der Waals surface area contributed by atoms with Crippen molar-refractivity contribution in [2.75, 3.05) is 0 Å². The fraction of sp³-hybridized carbons (Fsp3) is 0.214. The molecule has 19 heavy (non-hydrogen) atoms. The van der Waals surface area contributed by atoms with Crippen LogP contribution in [0.4, 0.5) is 0 Å². The van der Waals surface area contributed by atoms with Gasteiger partial charge in [0.2, 0.25) is 0 Å². The summed E-state index contributed by atoms with van der Waals surface area (Å²) in [6.45, 7) is 0. The normalized spacial score (nSPS) is 12.7. The van der Waals surface area contributed by atoms with Crippen LogP contribution in [0.5, 0.6) is 0 Å². The lowest BCUT2D eigenvalue weighted by atomic mass is 10.0. The summed E-state index contributed by atoms with van der Waals surface area (Å²) in [7, 11) is 1.82. The van der Waals surface area contributed by atoms with Crippen molar-refractivity contribution >= 4 is 10.9 Å². The van der Waals surface area contributed by atoms with Gasteiger partial charge in [-0.2, -0.15) is 5.10 Å². The molecule has 96 valence electrons. The summed E-state index contributed by atoms with van der Waals surface area (Å²) in [4.78, 5) is 8.43. The number of hydrogen-bond donors (Lipinski definition) is 1. The molecule has 0 saturated heterocycles. The molecular weight excluding hydrogens is 240 g/mol. The minimum absolute atomic E-state index is 0.435. The Balaban J connectivity index is 1.98. The fourth-order valence-electron chi connectivity index (χ4n) is 2.20. The van der Waals surface area contributed by atoms with Crippen molar-refractivity contribution in [3.63, 3.8) is 0 Å². The molecule has 0 spiro atoms. The van der Waals surface area contributed by atoms with Gasteiger partial charge in [-0.25, -0.2) is 4.98 Å². The highest BCUT2D eigenvalue weighted by Gasteiger charge is 2.14. The van der Waals surface area contributed by atoms with Crippen LogP contribution in [0.3, 0.4) is 0 Å². The van der Waals surface area contributed by atoms with Gasteiger partial charge < -0.3 is 5.11 Å². The van der Waals surface area contributed by atoms with E-state index < -0.39 is 6.10 Å². The Labute approximate surface area is 110 Å². The van der Waals surface area contributed by atoms with Crippen LogP contribution >= 0.6 is 0 Å². The first-order valence-electron chi connectivity index (χ1n) is 6.10. The second-order valence-electron chi connectivity index (χ2n) is 4.44. The summed E-state index contributed by atoms with van der Waals surface area (Å²) in [5.74, 6) is 0.758. The van der Waals surface area contributed by atoms with E-state index in [1.165, 1.54) is 6.33 Å². The predicted octanol–water partition coefficient (Wildman–Crippen LogP) is 1.64. The first-order chi connectivity index (χ1) is 9.25. The highest BCUT2D eigenvalue weighted by Crippen LogP contribution is 2.24. The summed E-state index contributed by atoms with van der Waals surface area (Å²) in [6.07, 6.45) is 3.03. The molecule has 0 aliphatic carbocycles. The van der Waals surface area contributed by atoms with Crippen LogP contribution in [0.15, 0.2) is 42.9 Å². The highest BCUT2D eigenvalue weighted by molar-refractivity contribution is 5.82. The zero-order valence-electron chi connectivity index (χ0n) is 10.6. The van der Waals surface area contributed by atoms with E-state index in [1.54, 1.807) is 10.9 Å². The van der Waals surface area contributed by atoms with Crippen LogP contribution in [0.1, 0.15) is 17.5 Å². The van der Waals surface area contributed by atoms with Crippen molar-refractivity contribution in [1.29, 1.82) is 0 Å². The molecule has 0 amide bonds. The maximum Gasteiger partial charge on any atom is 0.138 e.